The van der Waals surface area contributed by atoms with E-state index in [0.29, 0.717) is 12.8 Å². The molecule has 144 valence electrons. The molecule has 2 rings (SSSR count). The highest BCUT2D eigenvalue weighted by atomic mass is 35.5. The third-order valence-corrected chi connectivity index (χ3v) is 5.30. The van der Waals surface area contributed by atoms with E-state index in [1.807, 2.05) is 19.2 Å². The number of amides is 2. The average Bonchev–Trinajstić information content (AvgIpc) is 3.05. The van der Waals surface area contributed by atoms with E-state index in [9.17, 15) is 19.5 Å². The molecule has 8 nitrogen and oxygen atoms in total. The lowest BCUT2D eigenvalue weighted by molar-refractivity contribution is -0.158. The van der Waals surface area contributed by atoms with Crippen LogP contribution >= 0.6 is 12.4 Å². The van der Waals surface area contributed by atoms with Gasteiger partial charge in [0.25, 0.3) is 0 Å². The molecule has 0 bridgehead atoms. The summed E-state index contributed by atoms with van der Waals surface area (Å²) in [4.78, 5) is 35.2. The zero-order valence-corrected chi connectivity index (χ0v) is 15.6. The number of imide groups is 1. The maximum atomic E-state index is 12.1. The molecule has 2 fully saturated rings. The van der Waals surface area contributed by atoms with Crippen LogP contribution in [0, 0.1) is 17.8 Å². The van der Waals surface area contributed by atoms with Crippen LogP contribution in [0.4, 0.5) is 9.59 Å². The number of halogens is 1. The second-order valence-corrected chi connectivity index (χ2v) is 6.74. The summed E-state index contributed by atoms with van der Waals surface area (Å²) in [5.74, 6) is -1.82. The molecule has 1 heterocycles. The number of carbonyl (C=O) groups is 3. The molecule has 4 unspecified atom stereocenters. The Bertz CT molecular complexity index is 503. The zero-order valence-electron chi connectivity index (χ0n) is 14.7. The highest BCUT2D eigenvalue weighted by Crippen LogP contribution is 2.45. The Hall–Kier alpha value is -1.54. The predicted molar refractivity (Wildman–Crippen MR) is 91.5 cm³/mol. The summed E-state index contributed by atoms with van der Waals surface area (Å²) in [7, 11) is 1.13. The SMILES string of the molecule is CCC(C)C(C(=O)O)[C@]1(OC(=O)NC(=O)OC)CC2CCCC2N1.Cl. The third kappa shape index (κ3) is 4.55. The Labute approximate surface area is 153 Å². The van der Waals surface area contributed by atoms with Gasteiger partial charge in [0, 0.05) is 12.5 Å². The first-order valence-corrected chi connectivity index (χ1v) is 8.41. The van der Waals surface area contributed by atoms with Gasteiger partial charge in [-0.25, -0.2) is 14.9 Å². The number of ether oxygens (including phenoxy) is 2. The maximum absolute atomic E-state index is 12.1. The van der Waals surface area contributed by atoms with Crippen LogP contribution in [-0.4, -0.2) is 42.1 Å². The highest BCUT2D eigenvalue weighted by Gasteiger charge is 2.57. The third-order valence-electron chi connectivity index (χ3n) is 5.30. The molecular formula is C16H27ClN2O6. The molecule has 1 saturated heterocycles. The fourth-order valence-electron chi connectivity index (χ4n) is 4.05. The van der Waals surface area contributed by atoms with Gasteiger partial charge in [0.05, 0.1) is 7.11 Å². The van der Waals surface area contributed by atoms with Gasteiger partial charge in [-0.1, -0.05) is 26.7 Å². The van der Waals surface area contributed by atoms with Crippen molar-refractivity contribution < 1.29 is 29.0 Å². The van der Waals surface area contributed by atoms with E-state index in [0.717, 1.165) is 26.4 Å². The molecule has 0 aromatic carbocycles. The van der Waals surface area contributed by atoms with Gasteiger partial charge in [-0.2, -0.15) is 0 Å². The topological polar surface area (TPSA) is 114 Å². The van der Waals surface area contributed by atoms with Crippen LogP contribution in [0.1, 0.15) is 46.0 Å². The van der Waals surface area contributed by atoms with Gasteiger partial charge in [0.15, 0.2) is 5.72 Å². The van der Waals surface area contributed by atoms with E-state index >= 15 is 0 Å². The van der Waals surface area contributed by atoms with Crippen LogP contribution in [0.3, 0.4) is 0 Å². The molecular weight excluding hydrogens is 352 g/mol. The number of fused-ring (bicyclic) bond motifs is 1. The van der Waals surface area contributed by atoms with Crippen molar-refractivity contribution in [3.8, 4) is 0 Å². The van der Waals surface area contributed by atoms with Crippen molar-refractivity contribution >= 4 is 30.6 Å². The number of methoxy groups -OCH3 is 1. The summed E-state index contributed by atoms with van der Waals surface area (Å²) >= 11 is 0. The van der Waals surface area contributed by atoms with E-state index in [4.69, 9.17) is 4.74 Å². The summed E-state index contributed by atoms with van der Waals surface area (Å²) in [6.07, 6.45) is 2.13. The Morgan fingerprint density at radius 1 is 1.32 bits per heavy atom. The first-order valence-electron chi connectivity index (χ1n) is 8.41. The molecule has 2 amide bonds. The van der Waals surface area contributed by atoms with Gasteiger partial charge in [0.2, 0.25) is 0 Å². The number of carboxylic acid groups (broad SMARTS) is 1. The molecule has 1 saturated carbocycles. The Morgan fingerprint density at radius 2 is 2.00 bits per heavy atom. The molecule has 1 aliphatic heterocycles. The fourth-order valence-corrected chi connectivity index (χ4v) is 4.05. The van der Waals surface area contributed by atoms with Gasteiger partial charge in [-0.3, -0.25) is 10.1 Å². The Kier molecular flexibility index (Phi) is 7.49. The second-order valence-electron chi connectivity index (χ2n) is 6.74. The van der Waals surface area contributed by atoms with Gasteiger partial charge >= 0.3 is 18.2 Å². The monoisotopic (exact) mass is 378 g/mol. The van der Waals surface area contributed by atoms with E-state index in [-0.39, 0.29) is 30.3 Å². The van der Waals surface area contributed by atoms with Crippen LogP contribution in [-0.2, 0) is 14.3 Å². The second kappa shape index (κ2) is 8.71. The van der Waals surface area contributed by atoms with Gasteiger partial charge in [-0.15, -0.1) is 12.4 Å². The van der Waals surface area contributed by atoms with E-state index < -0.39 is 29.8 Å². The number of hydrogen-bond acceptors (Lipinski definition) is 6. The van der Waals surface area contributed by atoms with Gasteiger partial charge in [-0.05, 0) is 24.7 Å². The van der Waals surface area contributed by atoms with Crippen LogP contribution in [0.2, 0.25) is 0 Å². The fraction of sp³-hybridized carbons (Fsp3) is 0.812. The summed E-state index contributed by atoms with van der Waals surface area (Å²) in [5.41, 5.74) is -1.31. The molecule has 9 heteroatoms. The molecule has 5 atom stereocenters. The number of carbonyl (C=O) groups excluding carboxylic acids is 2. The molecule has 1 aliphatic carbocycles. The first kappa shape index (κ1) is 21.5. The van der Waals surface area contributed by atoms with Gasteiger partial charge in [0.1, 0.15) is 5.92 Å². The van der Waals surface area contributed by atoms with Crippen molar-refractivity contribution in [1.82, 2.24) is 10.6 Å². The largest absolute Gasteiger partial charge is 0.481 e. The summed E-state index contributed by atoms with van der Waals surface area (Å²) < 4.78 is 9.89. The van der Waals surface area contributed by atoms with Crippen molar-refractivity contribution in [2.24, 2.45) is 17.8 Å². The van der Waals surface area contributed by atoms with E-state index in [1.54, 1.807) is 0 Å². The van der Waals surface area contributed by atoms with Crippen LogP contribution < -0.4 is 10.6 Å². The number of nitrogens with one attached hydrogen (secondary N) is 2. The number of hydrogen-bond donors (Lipinski definition) is 3. The lowest BCUT2D eigenvalue weighted by Gasteiger charge is -2.38. The van der Waals surface area contributed by atoms with Crippen molar-refractivity contribution in [2.45, 2.75) is 57.7 Å². The Morgan fingerprint density at radius 3 is 2.52 bits per heavy atom. The number of carboxylic acids is 1. The summed E-state index contributed by atoms with van der Waals surface area (Å²) in [6.45, 7) is 3.73. The molecule has 2 aliphatic rings. The standard InChI is InChI=1S/C16H26N2O6.ClH/c1-4-9(2)12(13(19)20)16(24-15(22)17-14(21)23-3)8-10-6-5-7-11(10)18-16;/h9-12,18H,4-8H2,1-3H3,(H,19,20)(H,17,21,22);1H/t9?,10?,11?,12?,16-;/m1./s1. The van der Waals surface area contributed by atoms with Crippen LogP contribution in [0.15, 0.2) is 0 Å². The lowest BCUT2D eigenvalue weighted by Crippen LogP contribution is -2.58. The first-order chi connectivity index (χ1) is 11.3. The maximum Gasteiger partial charge on any atom is 0.418 e. The van der Waals surface area contributed by atoms with Crippen molar-refractivity contribution in [1.29, 1.82) is 0 Å². The molecule has 25 heavy (non-hydrogen) atoms. The minimum Gasteiger partial charge on any atom is -0.481 e. The molecule has 0 aromatic rings. The van der Waals surface area contributed by atoms with Gasteiger partial charge < -0.3 is 14.6 Å². The smallest absolute Gasteiger partial charge is 0.418 e. The van der Waals surface area contributed by atoms with Crippen molar-refractivity contribution in [3.63, 3.8) is 0 Å². The average molecular weight is 379 g/mol. The lowest BCUT2D eigenvalue weighted by atomic mass is 9.80. The van der Waals surface area contributed by atoms with Crippen molar-refractivity contribution in [3.05, 3.63) is 0 Å². The number of aliphatic carboxylic acids is 1. The van der Waals surface area contributed by atoms with Crippen LogP contribution in [0.5, 0.6) is 0 Å². The summed E-state index contributed by atoms with van der Waals surface area (Å²) in [5, 5.41) is 15.0. The Balaban J connectivity index is 0.00000312. The van der Waals surface area contributed by atoms with Crippen LogP contribution in [0.25, 0.3) is 0 Å². The summed E-state index contributed by atoms with van der Waals surface area (Å²) in [6, 6.07) is 0.141. The minimum atomic E-state index is -1.31. The quantitative estimate of drug-likeness (QED) is 0.673. The molecule has 0 spiro atoms. The number of rotatable bonds is 5. The van der Waals surface area contributed by atoms with E-state index in [2.05, 4.69) is 10.1 Å². The predicted octanol–water partition coefficient (Wildman–Crippen LogP) is 2.51. The van der Waals surface area contributed by atoms with Crippen molar-refractivity contribution in [2.75, 3.05) is 7.11 Å². The zero-order chi connectivity index (χ0) is 17.9. The molecule has 0 radical (unpaired) electrons. The molecule has 3 N–H and O–H groups in total. The van der Waals surface area contributed by atoms with E-state index in [1.165, 1.54) is 0 Å². The minimum absolute atomic E-state index is 0. The highest BCUT2D eigenvalue weighted by molar-refractivity contribution is 5.87. The molecule has 0 aromatic heterocycles. The normalized spacial score (nSPS) is 29.7. The number of alkyl carbamates (subject to hydrolysis) is 2.